The Bertz CT molecular complexity index is 1400. The van der Waals surface area contributed by atoms with E-state index in [9.17, 15) is 31.9 Å². The SMILES string of the molecule is CNC(O)NC(C)(C(F)F)[C@H](NC(=O)c1ccc(C#CC#Cc2ccc(NS(C)(=O)=O)cc2)cc1)C(=O)NO. The van der Waals surface area contributed by atoms with E-state index in [1.807, 2.05) is 0 Å². The van der Waals surface area contributed by atoms with E-state index in [1.54, 1.807) is 24.3 Å². The molecule has 2 aromatic carbocycles. The van der Waals surface area contributed by atoms with E-state index in [1.165, 1.54) is 36.8 Å². The summed E-state index contributed by atoms with van der Waals surface area (Å²) in [6.45, 7) is 0.902. The molecule has 0 aliphatic carbocycles. The predicted octanol–water partition coefficient (Wildman–Crippen LogP) is 0.174. The first-order valence-electron chi connectivity index (χ1n) is 11.1. The number of hydrogen-bond donors (Lipinski definition) is 7. The van der Waals surface area contributed by atoms with E-state index in [2.05, 4.69) is 44.4 Å². The van der Waals surface area contributed by atoms with E-state index in [0.29, 0.717) is 16.8 Å². The Morgan fingerprint density at radius 2 is 1.49 bits per heavy atom. The van der Waals surface area contributed by atoms with Crippen LogP contribution in [0.2, 0.25) is 0 Å². The van der Waals surface area contributed by atoms with Gasteiger partial charge in [-0.15, -0.1) is 0 Å². The predicted molar refractivity (Wildman–Crippen MR) is 139 cm³/mol. The topological polar surface area (TPSA) is 169 Å². The molecule has 0 saturated carbocycles. The van der Waals surface area contributed by atoms with E-state index in [-0.39, 0.29) is 5.56 Å². The van der Waals surface area contributed by atoms with Crippen LogP contribution in [0.4, 0.5) is 14.5 Å². The van der Waals surface area contributed by atoms with Gasteiger partial charge in [-0.1, -0.05) is 11.8 Å². The van der Waals surface area contributed by atoms with Crippen molar-refractivity contribution in [2.45, 2.75) is 31.3 Å². The molecule has 0 fully saturated rings. The first kappa shape index (κ1) is 31.2. The highest BCUT2D eigenvalue weighted by Crippen LogP contribution is 2.21. The number of benzene rings is 2. The van der Waals surface area contributed by atoms with Crippen molar-refractivity contribution >= 4 is 27.5 Å². The normalized spacial score (nSPS) is 13.9. The van der Waals surface area contributed by atoms with Gasteiger partial charge in [0.25, 0.3) is 18.2 Å². The van der Waals surface area contributed by atoms with Crippen LogP contribution in [-0.4, -0.2) is 68.2 Å². The first-order valence-corrected chi connectivity index (χ1v) is 13.0. The third-order valence-corrected chi connectivity index (χ3v) is 5.84. The van der Waals surface area contributed by atoms with Gasteiger partial charge in [0, 0.05) is 22.4 Å². The molecular weight excluding hydrogens is 536 g/mol. The van der Waals surface area contributed by atoms with Crippen molar-refractivity contribution in [2.24, 2.45) is 0 Å². The van der Waals surface area contributed by atoms with E-state index >= 15 is 0 Å². The van der Waals surface area contributed by atoms with Crippen LogP contribution < -0.4 is 26.2 Å². The molecule has 2 rings (SSSR count). The zero-order valence-corrected chi connectivity index (χ0v) is 21.9. The average Bonchev–Trinajstić information content (AvgIpc) is 2.89. The number of hydroxylamine groups is 1. The number of carbonyl (C=O) groups excluding carboxylic acids is 2. The smallest absolute Gasteiger partial charge is 0.268 e. The van der Waals surface area contributed by atoms with Crippen LogP contribution in [0.15, 0.2) is 48.5 Å². The Kier molecular flexibility index (Phi) is 10.9. The van der Waals surface area contributed by atoms with Crippen molar-refractivity contribution < 1.29 is 37.1 Å². The molecule has 0 spiro atoms. The lowest BCUT2D eigenvalue weighted by molar-refractivity contribution is -0.137. The van der Waals surface area contributed by atoms with Crippen LogP contribution in [0.1, 0.15) is 28.4 Å². The molecule has 7 N–H and O–H groups in total. The third kappa shape index (κ3) is 9.33. The summed E-state index contributed by atoms with van der Waals surface area (Å²) in [6.07, 6.45) is -3.85. The Morgan fingerprint density at radius 3 is 1.92 bits per heavy atom. The van der Waals surface area contributed by atoms with Crippen molar-refractivity contribution in [1.82, 2.24) is 21.4 Å². The van der Waals surface area contributed by atoms with E-state index in [0.717, 1.165) is 13.2 Å². The maximum absolute atomic E-state index is 13.9. The second-order valence-corrected chi connectivity index (χ2v) is 10.1. The quantitative estimate of drug-likeness (QED) is 0.0929. The molecule has 2 unspecified atom stereocenters. The van der Waals surface area contributed by atoms with Crippen molar-refractivity contribution in [2.75, 3.05) is 18.0 Å². The summed E-state index contributed by atoms with van der Waals surface area (Å²) in [5.74, 6) is 8.63. The van der Waals surface area contributed by atoms with Gasteiger partial charge in [0.1, 0.15) is 11.6 Å². The monoisotopic (exact) mass is 563 g/mol. The molecule has 2 aromatic rings. The summed E-state index contributed by atoms with van der Waals surface area (Å²) in [5.41, 5.74) is 0.263. The van der Waals surface area contributed by atoms with Crippen LogP contribution in [-0.2, 0) is 14.8 Å². The van der Waals surface area contributed by atoms with Crippen molar-refractivity contribution in [1.29, 1.82) is 0 Å². The molecule has 208 valence electrons. The Morgan fingerprint density at radius 1 is 0.974 bits per heavy atom. The highest BCUT2D eigenvalue weighted by molar-refractivity contribution is 7.92. The number of alkyl halides is 2. The van der Waals surface area contributed by atoms with Gasteiger partial charge in [-0.2, -0.15) is 0 Å². The number of aliphatic hydroxyl groups is 1. The van der Waals surface area contributed by atoms with Crippen LogP contribution in [0, 0.1) is 23.7 Å². The van der Waals surface area contributed by atoms with Gasteiger partial charge in [0.15, 0.2) is 6.35 Å². The number of aliphatic hydroxyl groups excluding tert-OH is 1. The van der Waals surface area contributed by atoms with Gasteiger partial charge in [-0.05, 0) is 74.3 Å². The summed E-state index contributed by atoms with van der Waals surface area (Å²) in [5, 5.41) is 25.3. The van der Waals surface area contributed by atoms with Crippen molar-refractivity contribution in [3.63, 3.8) is 0 Å². The molecule has 0 aliphatic heterocycles. The maximum Gasteiger partial charge on any atom is 0.268 e. The standard InChI is InChI=1S/C25H27F2N5O6S/c1-25(23(26)27,30-24(35)28-2)20(22(34)31-36)29-21(33)18-12-8-16(9-13-18)6-4-5-7-17-10-14-19(15-11-17)32-39(3,37)38/h8-15,20,23-24,28,30,32,35-36H,1-3H3,(H,29,33)(H,31,34)/t20-,24?,25?/m1/s1. The molecule has 0 heterocycles. The zero-order valence-electron chi connectivity index (χ0n) is 21.0. The second-order valence-electron chi connectivity index (χ2n) is 8.33. The number of nitrogens with one attached hydrogen (secondary N) is 5. The molecule has 0 bridgehead atoms. The van der Waals surface area contributed by atoms with Crippen LogP contribution in [0.5, 0.6) is 0 Å². The molecule has 11 nitrogen and oxygen atoms in total. The zero-order chi connectivity index (χ0) is 29.2. The van der Waals surface area contributed by atoms with Gasteiger partial charge >= 0.3 is 0 Å². The van der Waals surface area contributed by atoms with Crippen LogP contribution in [0.3, 0.4) is 0 Å². The van der Waals surface area contributed by atoms with E-state index in [4.69, 9.17) is 5.21 Å². The minimum Gasteiger partial charge on any atom is -0.365 e. The number of carbonyl (C=O) groups is 2. The Hall–Kier alpha value is -4.05. The molecule has 0 aromatic heterocycles. The average molecular weight is 564 g/mol. The van der Waals surface area contributed by atoms with Crippen molar-refractivity contribution in [3.05, 3.63) is 65.2 Å². The lowest BCUT2D eigenvalue weighted by Gasteiger charge is -2.38. The second kappa shape index (κ2) is 13.7. The molecule has 0 aliphatic rings. The Balaban J connectivity index is 2.13. The fourth-order valence-corrected chi connectivity index (χ4v) is 3.72. The van der Waals surface area contributed by atoms with Gasteiger partial charge in [-0.25, -0.2) is 22.7 Å². The number of anilines is 1. The molecule has 0 saturated heterocycles. The fourth-order valence-electron chi connectivity index (χ4n) is 3.15. The number of halogens is 2. The summed E-state index contributed by atoms with van der Waals surface area (Å²) >= 11 is 0. The first-order chi connectivity index (χ1) is 18.3. The lowest BCUT2D eigenvalue weighted by Crippen LogP contribution is -2.70. The Labute approximate surface area is 224 Å². The molecule has 14 heteroatoms. The number of sulfonamides is 1. The van der Waals surface area contributed by atoms with Gasteiger partial charge in [0.2, 0.25) is 10.0 Å². The van der Waals surface area contributed by atoms with E-state index < -0.39 is 46.2 Å². The van der Waals surface area contributed by atoms with Gasteiger partial charge < -0.3 is 10.4 Å². The molecular formula is C25H27F2N5O6S. The minimum atomic E-state index is -3.38. The molecule has 0 radical (unpaired) electrons. The highest BCUT2D eigenvalue weighted by atomic mass is 32.2. The highest BCUT2D eigenvalue weighted by Gasteiger charge is 2.48. The van der Waals surface area contributed by atoms with Crippen LogP contribution in [0.25, 0.3) is 0 Å². The molecule has 3 atom stereocenters. The maximum atomic E-state index is 13.9. The van der Waals surface area contributed by atoms with Gasteiger partial charge in [0.05, 0.1) is 6.26 Å². The van der Waals surface area contributed by atoms with Crippen molar-refractivity contribution in [3.8, 4) is 23.7 Å². The fraction of sp³-hybridized carbons (Fsp3) is 0.280. The summed E-state index contributed by atoms with van der Waals surface area (Å²) in [7, 11) is -2.11. The van der Waals surface area contributed by atoms with Crippen LogP contribution >= 0.6 is 0 Å². The number of rotatable bonds is 10. The largest absolute Gasteiger partial charge is 0.365 e. The summed E-state index contributed by atoms with van der Waals surface area (Å²) in [4.78, 5) is 24.9. The summed E-state index contributed by atoms with van der Waals surface area (Å²) < 4.78 is 52.6. The van der Waals surface area contributed by atoms with Gasteiger partial charge in [-0.3, -0.25) is 30.2 Å². The number of amides is 2. The summed E-state index contributed by atoms with van der Waals surface area (Å²) in [6, 6.07) is 10.0. The lowest BCUT2D eigenvalue weighted by atomic mass is 9.91. The number of hydrogen-bond acceptors (Lipinski definition) is 8. The minimum absolute atomic E-state index is 0.0101. The molecule has 2 amide bonds. The molecule has 39 heavy (non-hydrogen) atoms. The third-order valence-electron chi connectivity index (χ3n) is 5.23.